The van der Waals surface area contributed by atoms with Crippen molar-refractivity contribution in [1.82, 2.24) is 9.80 Å². The second kappa shape index (κ2) is 14.8. The van der Waals surface area contributed by atoms with Gasteiger partial charge in [-0.3, -0.25) is 9.69 Å². The molecule has 0 aromatic heterocycles. The van der Waals surface area contributed by atoms with Crippen molar-refractivity contribution in [2.45, 2.75) is 32.1 Å². The van der Waals surface area contributed by atoms with Gasteiger partial charge in [-0.25, -0.2) is 0 Å². The van der Waals surface area contributed by atoms with E-state index in [2.05, 4.69) is 34.5 Å². The molecule has 0 unspecified atom stereocenters. The second-order valence-electron chi connectivity index (χ2n) is 9.41. The van der Waals surface area contributed by atoms with E-state index in [0.29, 0.717) is 23.9 Å². The number of hydrogen-bond donors (Lipinski definition) is 2. The Morgan fingerprint density at radius 2 is 1.69 bits per heavy atom. The van der Waals surface area contributed by atoms with Crippen LogP contribution in [0.15, 0.2) is 42.5 Å². The van der Waals surface area contributed by atoms with Crippen molar-refractivity contribution in [3.8, 4) is 11.5 Å². The molecule has 35 heavy (non-hydrogen) atoms. The number of halogens is 1. The number of anilines is 2. The number of amides is 1. The molecule has 0 bridgehead atoms. The van der Waals surface area contributed by atoms with Gasteiger partial charge in [-0.1, -0.05) is 19.3 Å². The third-order valence-corrected chi connectivity index (χ3v) is 6.20. The summed E-state index contributed by atoms with van der Waals surface area (Å²) >= 11 is 0. The fourth-order valence-corrected chi connectivity index (χ4v) is 4.02. The van der Waals surface area contributed by atoms with E-state index >= 15 is 0 Å². The topological polar surface area (TPSA) is 66.1 Å². The number of ether oxygens (including phenoxy) is 2. The van der Waals surface area contributed by atoms with Gasteiger partial charge in [0.05, 0.1) is 12.3 Å². The van der Waals surface area contributed by atoms with Crippen molar-refractivity contribution in [2.75, 3.05) is 65.3 Å². The summed E-state index contributed by atoms with van der Waals surface area (Å²) in [7, 11) is 7.99. The Morgan fingerprint density at radius 1 is 0.971 bits per heavy atom. The SMILES string of the molecule is CNc1cc(NC(=O)c2ccc(OCC3CCCCC3)cc2)ccc1OCN(C)CCN(C)C.Cl. The van der Waals surface area contributed by atoms with Crippen LogP contribution in [0.4, 0.5) is 11.4 Å². The molecule has 1 saturated carbocycles. The predicted molar refractivity (Wildman–Crippen MR) is 146 cm³/mol. The van der Waals surface area contributed by atoms with Crippen molar-refractivity contribution in [2.24, 2.45) is 5.92 Å². The molecule has 0 spiro atoms. The molecule has 0 atom stereocenters. The van der Waals surface area contributed by atoms with E-state index in [1.54, 1.807) is 0 Å². The molecular formula is C27H41ClN4O3. The summed E-state index contributed by atoms with van der Waals surface area (Å²) in [5, 5.41) is 6.12. The van der Waals surface area contributed by atoms with Crippen molar-refractivity contribution in [3.63, 3.8) is 0 Å². The summed E-state index contributed by atoms with van der Waals surface area (Å²) in [6.07, 6.45) is 6.48. The van der Waals surface area contributed by atoms with Crippen LogP contribution in [0.5, 0.6) is 11.5 Å². The largest absolute Gasteiger partial charge is 0.493 e. The maximum Gasteiger partial charge on any atom is 0.255 e. The molecule has 2 aromatic rings. The predicted octanol–water partition coefficient (Wildman–Crippen LogP) is 5.19. The van der Waals surface area contributed by atoms with Gasteiger partial charge in [-0.2, -0.15) is 0 Å². The minimum absolute atomic E-state index is 0. The van der Waals surface area contributed by atoms with Crippen LogP contribution in [0.2, 0.25) is 0 Å². The number of likely N-dealkylation sites (N-methyl/N-ethyl adjacent to an activating group) is 2. The van der Waals surface area contributed by atoms with Gasteiger partial charge in [0, 0.05) is 31.4 Å². The van der Waals surface area contributed by atoms with E-state index in [1.807, 2.05) is 56.6 Å². The Bertz CT molecular complexity index is 902. The van der Waals surface area contributed by atoms with Gasteiger partial charge in [0.1, 0.15) is 18.2 Å². The number of nitrogens with zero attached hydrogens (tertiary/aromatic N) is 2. The Morgan fingerprint density at radius 3 is 2.34 bits per heavy atom. The number of carbonyl (C=O) groups is 1. The molecule has 0 heterocycles. The average molecular weight is 505 g/mol. The molecule has 7 nitrogen and oxygen atoms in total. The van der Waals surface area contributed by atoms with E-state index in [0.717, 1.165) is 36.9 Å². The first-order valence-electron chi connectivity index (χ1n) is 12.3. The molecule has 8 heteroatoms. The van der Waals surface area contributed by atoms with Crippen molar-refractivity contribution < 1.29 is 14.3 Å². The second-order valence-corrected chi connectivity index (χ2v) is 9.41. The number of benzene rings is 2. The minimum atomic E-state index is -0.155. The van der Waals surface area contributed by atoms with Crippen molar-refractivity contribution in [3.05, 3.63) is 48.0 Å². The summed E-state index contributed by atoms with van der Waals surface area (Å²) in [6.45, 7) is 3.14. The normalized spacial score (nSPS) is 13.9. The molecular weight excluding hydrogens is 464 g/mol. The lowest BCUT2D eigenvalue weighted by Gasteiger charge is -2.21. The summed E-state index contributed by atoms with van der Waals surface area (Å²) in [4.78, 5) is 17.0. The van der Waals surface area contributed by atoms with Crippen molar-refractivity contribution in [1.29, 1.82) is 0 Å². The highest BCUT2D eigenvalue weighted by Gasteiger charge is 2.14. The monoisotopic (exact) mass is 504 g/mol. The van der Waals surface area contributed by atoms with Gasteiger partial charge in [0.15, 0.2) is 0 Å². The van der Waals surface area contributed by atoms with Crippen LogP contribution >= 0.6 is 12.4 Å². The van der Waals surface area contributed by atoms with Gasteiger partial charge in [-0.05, 0) is 82.4 Å². The van der Waals surface area contributed by atoms with Crippen LogP contribution in [0.25, 0.3) is 0 Å². The molecule has 3 rings (SSSR count). The molecule has 2 aromatic carbocycles. The van der Waals surface area contributed by atoms with Crippen LogP contribution in [-0.2, 0) is 0 Å². The first-order valence-corrected chi connectivity index (χ1v) is 12.3. The highest BCUT2D eigenvalue weighted by Crippen LogP contribution is 2.28. The average Bonchev–Trinajstić information content (AvgIpc) is 2.86. The van der Waals surface area contributed by atoms with E-state index in [4.69, 9.17) is 9.47 Å². The fraction of sp³-hybridized carbons (Fsp3) is 0.519. The smallest absolute Gasteiger partial charge is 0.255 e. The molecule has 0 aliphatic heterocycles. The molecule has 0 saturated heterocycles. The minimum Gasteiger partial charge on any atom is -0.493 e. The number of hydrogen-bond acceptors (Lipinski definition) is 6. The zero-order valence-electron chi connectivity index (χ0n) is 21.5. The summed E-state index contributed by atoms with van der Waals surface area (Å²) in [6, 6.07) is 13.0. The number of nitrogens with one attached hydrogen (secondary N) is 2. The van der Waals surface area contributed by atoms with E-state index < -0.39 is 0 Å². The summed E-state index contributed by atoms with van der Waals surface area (Å²) in [5.74, 6) is 2.06. The van der Waals surface area contributed by atoms with Gasteiger partial charge < -0.3 is 25.0 Å². The number of rotatable bonds is 12. The molecule has 2 N–H and O–H groups in total. The highest BCUT2D eigenvalue weighted by atomic mass is 35.5. The third-order valence-electron chi connectivity index (χ3n) is 6.20. The van der Waals surface area contributed by atoms with E-state index in [-0.39, 0.29) is 18.3 Å². The Hall–Kier alpha value is -2.48. The van der Waals surface area contributed by atoms with Crippen LogP contribution in [0.1, 0.15) is 42.5 Å². The maximum atomic E-state index is 12.7. The van der Waals surface area contributed by atoms with Gasteiger partial charge in [-0.15, -0.1) is 12.4 Å². The highest BCUT2D eigenvalue weighted by molar-refractivity contribution is 6.04. The zero-order valence-corrected chi connectivity index (χ0v) is 22.3. The Kier molecular flexibility index (Phi) is 12.2. The molecule has 1 fully saturated rings. The van der Waals surface area contributed by atoms with Gasteiger partial charge >= 0.3 is 0 Å². The molecule has 0 radical (unpaired) electrons. The quantitative estimate of drug-likeness (QED) is 0.388. The fourth-order valence-electron chi connectivity index (χ4n) is 4.02. The first kappa shape index (κ1) is 28.8. The first-order chi connectivity index (χ1) is 16.4. The summed E-state index contributed by atoms with van der Waals surface area (Å²) in [5.41, 5.74) is 2.13. The standard InChI is InChI=1S/C27H40N4O3.ClH/c1-28-25-18-23(12-15-26(25)34-20-31(4)17-16-30(2)3)29-27(32)22-10-13-24(14-11-22)33-19-21-8-6-5-7-9-21;/h10-15,18,21,28H,5-9,16-17,19-20H2,1-4H3,(H,29,32);1H. The molecule has 194 valence electrons. The van der Waals surface area contributed by atoms with E-state index in [1.165, 1.54) is 32.1 Å². The van der Waals surface area contributed by atoms with Crippen LogP contribution in [0, 0.1) is 5.92 Å². The van der Waals surface area contributed by atoms with Crippen LogP contribution in [-0.4, -0.2) is 70.3 Å². The van der Waals surface area contributed by atoms with E-state index in [9.17, 15) is 4.79 Å². The molecule has 1 amide bonds. The van der Waals surface area contributed by atoms with Crippen LogP contribution < -0.4 is 20.1 Å². The summed E-state index contributed by atoms with van der Waals surface area (Å²) < 4.78 is 11.9. The lowest BCUT2D eigenvalue weighted by Crippen LogP contribution is -2.31. The lowest BCUT2D eigenvalue weighted by atomic mass is 9.90. The Balaban J connectivity index is 0.00000432. The van der Waals surface area contributed by atoms with Gasteiger partial charge in [0.25, 0.3) is 5.91 Å². The maximum absolute atomic E-state index is 12.7. The molecule has 1 aliphatic rings. The van der Waals surface area contributed by atoms with Crippen molar-refractivity contribution >= 4 is 29.7 Å². The van der Waals surface area contributed by atoms with Gasteiger partial charge in [0.2, 0.25) is 0 Å². The molecule has 1 aliphatic carbocycles. The zero-order chi connectivity index (χ0) is 24.3. The third kappa shape index (κ3) is 9.59. The lowest BCUT2D eigenvalue weighted by molar-refractivity contribution is 0.102. The number of carbonyl (C=O) groups excluding carboxylic acids is 1. The Labute approximate surface area is 216 Å². The van der Waals surface area contributed by atoms with Crippen LogP contribution in [0.3, 0.4) is 0 Å².